The number of aryl methyl sites for hydroxylation is 3. The van der Waals surface area contributed by atoms with E-state index in [1.807, 2.05) is 0 Å². The van der Waals surface area contributed by atoms with Gasteiger partial charge in [-0.15, -0.1) is 11.3 Å². The molecule has 3 nitrogen and oxygen atoms in total. The Hall–Kier alpha value is -1.39. The van der Waals surface area contributed by atoms with Crippen LogP contribution in [0.4, 0.5) is 0 Å². The Morgan fingerprint density at radius 3 is 2.62 bits per heavy atom. The van der Waals surface area contributed by atoms with E-state index in [0.29, 0.717) is 0 Å². The Labute approximate surface area is 131 Å². The minimum Gasteiger partial charge on any atom is -0.496 e. The number of thiazole rings is 1. The standard InChI is InChI=1S/C17H24N2OS/c1-6-18-15(10-17-19-12(3)13(4)21-17)14-8-7-11(2)9-16(14)20-5/h7-9,15,18H,6,10H2,1-5H3. The van der Waals surface area contributed by atoms with E-state index < -0.39 is 0 Å². The van der Waals surface area contributed by atoms with Crippen molar-refractivity contribution in [3.8, 4) is 5.75 Å². The Balaban J connectivity index is 2.30. The van der Waals surface area contributed by atoms with E-state index in [1.54, 1.807) is 18.4 Å². The minimum absolute atomic E-state index is 0.232. The lowest BCUT2D eigenvalue weighted by molar-refractivity contribution is 0.399. The summed E-state index contributed by atoms with van der Waals surface area (Å²) in [7, 11) is 1.74. The average Bonchev–Trinajstić information content (AvgIpc) is 2.77. The maximum atomic E-state index is 5.56. The first-order chi connectivity index (χ1) is 10.0. The van der Waals surface area contributed by atoms with E-state index in [0.717, 1.165) is 24.4 Å². The molecule has 114 valence electrons. The molecule has 0 aliphatic rings. The molecule has 0 saturated heterocycles. The molecular weight excluding hydrogens is 280 g/mol. The molecule has 1 aromatic heterocycles. The van der Waals surface area contributed by atoms with Crippen molar-refractivity contribution in [1.82, 2.24) is 10.3 Å². The van der Waals surface area contributed by atoms with Crippen LogP contribution in [0.5, 0.6) is 5.75 Å². The number of hydrogen-bond acceptors (Lipinski definition) is 4. The first kappa shape index (κ1) is 16.0. The summed E-state index contributed by atoms with van der Waals surface area (Å²) in [6.45, 7) is 9.34. The Kier molecular flexibility index (Phi) is 5.37. The van der Waals surface area contributed by atoms with Gasteiger partial charge in [0.15, 0.2) is 0 Å². The van der Waals surface area contributed by atoms with E-state index in [9.17, 15) is 0 Å². The Morgan fingerprint density at radius 1 is 1.29 bits per heavy atom. The van der Waals surface area contributed by atoms with Crippen LogP contribution in [0.3, 0.4) is 0 Å². The van der Waals surface area contributed by atoms with Gasteiger partial charge in [0, 0.05) is 22.9 Å². The average molecular weight is 304 g/mol. The first-order valence-corrected chi connectivity index (χ1v) is 8.17. The Bertz CT molecular complexity index is 587. The molecule has 2 aromatic rings. The van der Waals surface area contributed by atoms with Crippen LogP contribution in [0.25, 0.3) is 0 Å². The number of likely N-dealkylation sites (N-methyl/N-ethyl adjacent to an activating group) is 1. The molecule has 0 aliphatic carbocycles. The smallest absolute Gasteiger partial charge is 0.123 e. The van der Waals surface area contributed by atoms with Crippen LogP contribution in [-0.4, -0.2) is 18.6 Å². The van der Waals surface area contributed by atoms with E-state index in [4.69, 9.17) is 4.74 Å². The number of benzene rings is 1. The normalized spacial score (nSPS) is 12.4. The summed E-state index contributed by atoms with van der Waals surface area (Å²) in [6, 6.07) is 6.63. The molecule has 21 heavy (non-hydrogen) atoms. The van der Waals surface area contributed by atoms with Gasteiger partial charge in [0.1, 0.15) is 5.75 Å². The minimum atomic E-state index is 0.232. The highest BCUT2D eigenvalue weighted by molar-refractivity contribution is 7.11. The van der Waals surface area contributed by atoms with E-state index in [2.05, 4.69) is 56.2 Å². The van der Waals surface area contributed by atoms with Gasteiger partial charge >= 0.3 is 0 Å². The summed E-state index contributed by atoms with van der Waals surface area (Å²) in [5, 5.41) is 4.74. The number of nitrogens with one attached hydrogen (secondary N) is 1. The third-order valence-electron chi connectivity index (χ3n) is 3.67. The number of aromatic nitrogens is 1. The molecule has 0 fully saturated rings. The van der Waals surface area contributed by atoms with Crippen LogP contribution < -0.4 is 10.1 Å². The summed E-state index contributed by atoms with van der Waals surface area (Å²) < 4.78 is 5.56. The summed E-state index contributed by atoms with van der Waals surface area (Å²) >= 11 is 1.79. The highest BCUT2D eigenvalue weighted by atomic mass is 32.1. The summed E-state index contributed by atoms with van der Waals surface area (Å²) in [6.07, 6.45) is 0.895. The lowest BCUT2D eigenvalue weighted by Crippen LogP contribution is -2.23. The second kappa shape index (κ2) is 7.05. The number of hydrogen-bond donors (Lipinski definition) is 1. The van der Waals surface area contributed by atoms with Gasteiger partial charge in [-0.2, -0.15) is 0 Å². The molecule has 2 rings (SSSR count). The SMILES string of the molecule is CCNC(Cc1nc(C)c(C)s1)c1ccc(C)cc1OC. The zero-order valence-corrected chi connectivity index (χ0v) is 14.3. The third-order valence-corrected chi connectivity index (χ3v) is 4.76. The first-order valence-electron chi connectivity index (χ1n) is 7.36. The van der Waals surface area contributed by atoms with Crippen LogP contribution >= 0.6 is 11.3 Å². The molecule has 1 aromatic carbocycles. The highest BCUT2D eigenvalue weighted by Crippen LogP contribution is 2.30. The number of rotatable bonds is 6. The van der Waals surface area contributed by atoms with Crippen molar-refractivity contribution in [3.05, 3.63) is 44.9 Å². The van der Waals surface area contributed by atoms with E-state index in [-0.39, 0.29) is 6.04 Å². The van der Waals surface area contributed by atoms with Gasteiger partial charge in [0.05, 0.1) is 17.8 Å². The predicted molar refractivity (Wildman–Crippen MR) is 89.4 cm³/mol. The van der Waals surface area contributed by atoms with Crippen LogP contribution in [0.15, 0.2) is 18.2 Å². The molecule has 1 N–H and O–H groups in total. The van der Waals surface area contributed by atoms with Crippen molar-refractivity contribution >= 4 is 11.3 Å². The largest absolute Gasteiger partial charge is 0.496 e. The van der Waals surface area contributed by atoms with Crippen molar-refractivity contribution < 1.29 is 4.74 Å². The maximum Gasteiger partial charge on any atom is 0.123 e. The second-order valence-corrected chi connectivity index (χ2v) is 6.60. The van der Waals surface area contributed by atoms with Crippen molar-refractivity contribution in [3.63, 3.8) is 0 Å². The molecule has 0 saturated carbocycles. The lowest BCUT2D eigenvalue weighted by atomic mass is 10.0. The summed E-state index contributed by atoms with van der Waals surface area (Å²) in [5.74, 6) is 0.950. The molecule has 0 amide bonds. The van der Waals surface area contributed by atoms with E-state index in [1.165, 1.54) is 21.0 Å². The second-order valence-electron chi connectivity index (χ2n) is 5.31. The van der Waals surface area contributed by atoms with Gasteiger partial charge in [-0.05, 0) is 38.9 Å². The fraction of sp³-hybridized carbons (Fsp3) is 0.471. The van der Waals surface area contributed by atoms with Crippen molar-refractivity contribution in [2.24, 2.45) is 0 Å². The zero-order chi connectivity index (χ0) is 15.4. The molecule has 1 atom stereocenters. The number of ether oxygens (including phenoxy) is 1. The van der Waals surface area contributed by atoms with Gasteiger partial charge in [0.25, 0.3) is 0 Å². The Morgan fingerprint density at radius 2 is 2.05 bits per heavy atom. The summed E-state index contributed by atoms with van der Waals surface area (Å²) in [4.78, 5) is 5.97. The lowest BCUT2D eigenvalue weighted by Gasteiger charge is -2.20. The zero-order valence-electron chi connectivity index (χ0n) is 13.5. The number of nitrogens with zero attached hydrogens (tertiary/aromatic N) is 1. The van der Waals surface area contributed by atoms with Crippen molar-refractivity contribution in [1.29, 1.82) is 0 Å². The molecule has 0 spiro atoms. The fourth-order valence-electron chi connectivity index (χ4n) is 2.45. The fourth-order valence-corrected chi connectivity index (χ4v) is 3.43. The monoisotopic (exact) mass is 304 g/mol. The molecule has 0 radical (unpaired) electrons. The van der Waals surface area contributed by atoms with Gasteiger partial charge in [-0.1, -0.05) is 19.1 Å². The van der Waals surface area contributed by atoms with Crippen molar-refractivity contribution in [2.45, 2.75) is 40.2 Å². The molecule has 4 heteroatoms. The summed E-state index contributed by atoms with van der Waals surface area (Å²) in [5.41, 5.74) is 3.56. The van der Waals surface area contributed by atoms with Crippen LogP contribution in [0, 0.1) is 20.8 Å². The molecule has 1 heterocycles. The van der Waals surface area contributed by atoms with Crippen LogP contribution in [0.2, 0.25) is 0 Å². The van der Waals surface area contributed by atoms with Gasteiger partial charge in [-0.3, -0.25) is 0 Å². The topological polar surface area (TPSA) is 34.2 Å². The number of methoxy groups -OCH3 is 1. The van der Waals surface area contributed by atoms with Crippen molar-refractivity contribution in [2.75, 3.05) is 13.7 Å². The van der Waals surface area contributed by atoms with Gasteiger partial charge in [0.2, 0.25) is 0 Å². The quantitative estimate of drug-likeness (QED) is 0.877. The van der Waals surface area contributed by atoms with E-state index >= 15 is 0 Å². The van der Waals surface area contributed by atoms with Gasteiger partial charge < -0.3 is 10.1 Å². The van der Waals surface area contributed by atoms with Gasteiger partial charge in [-0.25, -0.2) is 4.98 Å². The maximum absolute atomic E-state index is 5.56. The van der Waals surface area contributed by atoms with Crippen LogP contribution in [0.1, 0.15) is 39.7 Å². The molecular formula is C17H24N2OS. The third kappa shape index (κ3) is 3.83. The highest BCUT2D eigenvalue weighted by Gasteiger charge is 2.18. The molecule has 0 aliphatic heterocycles. The predicted octanol–water partition coefficient (Wildman–Crippen LogP) is 3.97. The van der Waals surface area contributed by atoms with Crippen LogP contribution in [-0.2, 0) is 6.42 Å². The molecule has 0 bridgehead atoms. The molecule has 1 unspecified atom stereocenters.